The van der Waals surface area contributed by atoms with E-state index in [9.17, 15) is 9.59 Å². The molecular weight excluding hydrogens is 392 g/mol. The molecule has 160 valence electrons. The van der Waals surface area contributed by atoms with Crippen molar-refractivity contribution in [1.82, 2.24) is 25.0 Å². The number of nitrogens with zero attached hydrogens (tertiary/aromatic N) is 4. The molecule has 1 aliphatic rings. The number of benzene rings is 1. The molecule has 0 saturated carbocycles. The van der Waals surface area contributed by atoms with Crippen LogP contribution >= 0.6 is 0 Å². The molecule has 0 bridgehead atoms. The van der Waals surface area contributed by atoms with E-state index in [0.29, 0.717) is 31.0 Å². The van der Waals surface area contributed by atoms with Crippen molar-refractivity contribution in [1.29, 1.82) is 0 Å². The molecule has 0 radical (unpaired) electrons. The van der Waals surface area contributed by atoms with Crippen molar-refractivity contribution in [3.05, 3.63) is 72.2 Å². The maximum Gasteiger partial charge on any atom is 0.319 e. The Balaban J connectivity index is 1.29. The average Bonchev–Trinajstić information content (AvgIpc) is 3.34. The fourth-order valence-electron chi connectivity index (χ4n) is 3.70. The molecule has 31 heavy (non-hydrogen) atoms. The van der Waals surface area contributed by atoms with Gasteiger partial charge in [-0.25, -0.2) is 14.5 Å². The number of hydrogen-bond acceptors (Lipinski definition) is 4. The van der Waals surface area contributed by atoms with Crippen molar-refractivity contribution < 1.29 is 9.59 Å². The highest BCUT2D eigenvalue weighted by molar-refractivity contribution is 5.94. The van der Waals surface area contributed by atoms with Gasteiger partial charge in [-0.15, -0.1) is 0 Å². The Kier molecular flexibility index (Phi) is 6.26. The Morgan fingerprint density at radius 2 is 2.00 bits per heavy atom. The van der Waals surface area contributed by atoms with E-state index in [0.717, 1.165) is 24.1 Å². The first-order valence-electron chi connectivity index (χ1n) is 10.5. The molecule has 0 spiro atoms. The first-order valence-corrected chi connectivity index (χ1v) is 10.5. The lowest BCUT2D eigenvalue weighted by atomic mass is 9.97. The number of urea groups is 1. The van der Waals surface area contributed by atoms with Gasteiger partial charge in [0, 0.05) is 43.9 Å². The van der Waals surface area contributed by atoms with Crippen molar-refractivity contribution >= 4 is 17.6 Å². The number of amides is 3. The van der Waals surface area contributed by atoms with Crippen molar-refractivity contribution in [2.45, 2.75) is 19.8 Å². The van der Waals surface area contributed by atoms with Crippen molar-refractivity contribution in [2.75, 3.05) is 25.0 Å². The minimum Gasteiger partial charge on any atom is -0.338 e. The highest BCUT2D eigenvalue weighted by atomic mass is 16.2. The van der Waals surface area contributed by atoms with Gasteiger partial charge in [-0.1, -0.05) is 17.7 Å². The Morgan fingerprint density at radius 1 is 1.16 bits per heavy atom. The largest absolute Gasteiger partial charge is 0.338 e. The molecule has 8 nitrogen and oxygen atoms in total. The molecule has 0 aliphatic carbocycles. The summed E-state index contributed by atoms with van der Waals surface area (Å²) in [6.45, 7) is 3.86. The summed E-state index contributed by atoms with van der Waals surface area (Å²) in [5.41, 5.74) is 2.46. The zero-order valence-electron chi connectivity index (χ0n) is 17.5. The predicted octanol–water partition coefficient (Wildman–Crippen LogP) is 3.25. The van der Waals surface area contributed by atoms with E-state index >= 15 is 0 Å². The van der Waals surface area contributed by atoms with Crippen LogP contribution in [0.1, 0.15) is 28.8 Å². The summed E-state index contributed by atoms with van der Waals surface area (Å²) in [4.78, 5) is 31.3. The molecule has 3 amide bonds. The van der Waals surface area contributed by atoms with E-state index < -0.39 is 0 Å². The van der Waals surface area contributed by atoms with Crippen LogP contribution < -0.4 is 10.6 Å². The molecular formula is C23H26N6O2. The predicted molar refractivity (Wildman–Crippen MR) is 118 cm³/mol. The summed E-state index contributed by atoms with van der Waals surface area (Å²) in [5, 5.41) is 9.91. The lowest BCUT2D eigenvalue weighted by Crippen LogP contribution is -2.44. The van der Waals surface area contributed by atoms with Gasteiger partial charge in [-0.2, -0.15) is 5.10 Å². The van der Waals surface area contributed by atoms with Crippen molar-refractivity contribution in [3.63, 3.8) is 0 Å². The molecule has 3 heterocycles. The molecule has 4 rings (SSSR count). The summed E-state index contributed by atoms with van der Waals surface area (Å²) < 4.78 is 1.65. The molecule has 2 N–H and O–H groups in total. The van der Waals surface area contributed by atoms with Crippen LogP contribution in [0.5, 0.6) is 0 Å². The van der Waals surface area contributed by atoms with E-state index in [-0.39, 0.29) is 17.9 Å². The van der Waals surface area contributed by atoms with Gasteiger partial charge in [0.2, 0.25) is 0 Å². The number of rotatable bonds is 5. The van der Waals surface area contributed by atoms with Gasteiger partial charge in [0.25, 0.3) is 5.91 Å². The topological polar surface area (TPSA) is 92.2 Å². The van der Waals surface area contributed by atoms with Gasteiger partial charge < -0.3 is 15.5 Å². The van der Waals surface area contributed by atoms with Crippen molar-refractivity contribution in [3.8, 4) is 5.82 Å². The Bertz CT molecular complexity index is 1020. The highest BCUT2D eigenvalue weighted by Crippen LogP contribution is 2.18. The number of hydrogen-bond donors (Lipinski definition) is 2. The quantitative estimate of drug-likeness (QED) is 0.665. The molecule has 1 saturated heterocycles. The summed E-state index contributed by atoms with van der Waals surface area (Å²) >= 11 is 0. The normalized spacial score (nSPS) is 16.0. The number of aromatic nitrogens is 3. The van der Waals surface area contributed by atoms with Crippen LogP contribution in [0.2, 0.25) is 0 Å². The third-order valence-corrected chi connectivity index (χ3v) is 5.40. The maximum atomic E-state index is 12.9. The fourth-order valence-corrected chi connectivity index (χ4v) is 3.70. The van der Waals surface area contributed by atoms with Crippen LogP contribution in [-0.2, 0) is 0 Å². The second-order valence-corrected chi connectivity index (χ2v) is 7.82. The molecule has 3 aromatic rings. The van der Waals surface area contributed by atoms with Gasteiger partial charge in [-0.05, 0) is 56.0 Å². The number of carbonyl (C=O) groups excluding carboxylic acids is 2. The monoisotopic (exact) mass is 418 g/mol. The summed E-state index contributed by atoms with van der Waals surface area (Å²) in [7, 11) is 0. The third-order valence-electron chi connectivity index (χ3n) is 5.40. The number of piperidine rings is 1. The zero-order valence-corrected chi connectivity index (χ0v) is 17.5. The van der Waals surface area contributed by atoms with Gasteiger partial charge in [0.05, 0.1) is 5.56 Å². The second-order valence-electron chi connectivity index (χ2n) is 7.82. The van der Waals surface area contributed by atoms with E-state index in [1.54, 1.807) is 35.4 Å². The molecule has 1 fully saturated rings. The first kappa shape index (κ1) is 20.6. The molecule has 1 aliphatic heterocycles. The third kappa shape index (κ3) is 5.28. The lowest BCUT2D eigenvalue weighted by molar-refractivity contribution is 0.0674. The number of carbonyl (C=O) groups is 2. The van der Waals surface area contributed by atoms with Crippen LogP contribution in [-0.4, -0.2) is 51.2 Å². The van der Waals surface area contributed by atoms with Crippen molar-refractivity contribution in [2.24, 2.45) is 5.92 Å². The Hall–Kier alpha value is -3.68. The van der Waals surface area contributed by atoms with Gasteiger partial charge in [0.15, 0.2) is 5.82 Å². The van der Waals surface area contributed by atoms with Gasteiger partial charge in [0.1, 0.15) is 0 Å². The summed E-state index contributed by atoms with van der Waals surface area (Å²) in [5.74, 6) is 0.855. The molecule has 8 heteroatoms. The number of anilines is 1. The van der Waals surface area contributed by atoms with Crippen LogP contribution in [0.4, 0.5) is 10.5 Å². The number of likely N-dealkylation sites (tertiary alicyclic amines) is 1. The fraction of sp³-hybridized carbons (Fsp3) is 0.304. The summed E-state index contributed by atoms with van der Waals surface area (Å²) in [6, 6.07) is 12.8. The standard InChI is InChI=1S/C23H26N6O2/c1-17-5-8-20(9-6-17)27-23(31)25-14-18-4-2-12-28(16-18)22(30)19-7-10-21(24-15-19)29-13-3-11-26-29/h3,5-11,13,15,18H,2,4,12,14,16H2,1H3,(H2,25,27,31). The number of nitrogens with one attached hydrogen (secondary N) is 2. The number of aryl methyl sites for hydroxylation is 1. The summed E-state index contributed by atoms with van der Waals surface area (Å²) in [6.07, 6.45) is 6.97. The lowest BCUT2D eigenvalue weighted by Gasteiger charge is -2.33. The molecule has 1 atom stereocenters. The van der Waals surface area contributed by atoms with Crippen LogP contribution in [0.3, 0.4) is 0 Å². The van der Waals surface area contributed by atoms with E-state index in [2.05, 4.69) is 20.7 Å². The van der Waals surface area contributed by atoms with Crippen LogP contribution in [0, 0.1) is 12.8 Å². The Labute approximate surface area is 181 Å². The van der Waals surface area contributed by atoms with E-state index in [1.165, 1.54) is 0 Å². The van der Waals surface area contributed by atoms with E-state index in [4.69, 9.17) is 0 Å². The molecule has 1 unspecified atom stereocenters. The average molecular weight is 419 g/mol. The minimum atomic E-state index is -0.231. The molecule has 2 aromatic heterocycles. The van der Waals surface area contributed by atoms with Gasteiger partial charge in [-0.3, -0.25) is 4.79 Å². The second kappa shape index (κ2) is 9.42. The number of pyridine rings is 1. The molecule has 1 aromatic carbocycles. The zero-order chi connectivity index (χ0) is 21.6. The maximum absolute atomic E-state index is 12.9. The highest BCUT2D eigenvalue weighted by Gasteiger charge is 2.25. The minimum absolute atomic E-state index is 0.0340. The van der Waals surface area contributed by atoms with E-state index in [1.807, 2.05) is 42.2 Å². The van der Waals surface area contributed by atoms with Crippen LogP contribution in [0.25, 0.3) is 5.82 Å². The smallest absolute Gasteiger partial charge is 0.319 e. The Morgan fingerprint density at radius 3 is 2.71 bits per heavy atom. The SMILES string of the molecule is Cc1ccc(NC(=O)NCC2CCCN(C(=O)c3ccc(-n4cccn4)nc3)C2)cc1. The first-order chi connectivity index (χ1) is 15.1. The van der Waals surface area contributed by atoms with Gasteiger partial charge >= 0.3 is 6.03 Å². The van der Waals surface area contributed by atoms with Crippen LogP contribution in [0.15, 0.2) is 61.1 Å².